The van der Waals surface area contributed by atoms with Crippen LogP contribution in [0.25, 0.3) is 0 Å². The highest BCUT2D eigenvalue weighted by Crippen LogP contribution is 2.17. The molecule has 0 saturated heterocycles. The van der Waals surface area contributed by atoms with Gasteiger partial charge in [0.25, 0.3) is 0 Å². The summed E-state index contributed by atoms with van der Waals surface area (Å²) in [6.45, 7) is 11.3. The zero-order chi connectivity index (χ0) is 41.2. The van der Waals surface area contributed by atoms with E-state index in [1.165, 1.54) is 161 Å². The summed E-state index contributed by atoms with van der Waals surface area (Å²) < 4.78 is 16.7. The van der Waals surface area contributed by atoms with E-state index in [2.05, 4.69) is 34.6 Å². The summed E-state index contributed by atoms with van der Waals surface area (Å²) in [4.78, 5) is 37.8. The van der Waals surface area contributed by atoms with Gasteiger partial charge in [-0.05, 0) is 31.1 Å². The average molecular weight is 793 g/mol. The lowest BCUT2D eigenvalue weighted by atomic mass is 10.0. The third-order valence-corrected chi connectivity index (χ3v) is 11.2. The normalized spacial score (nSPS) is 12.1. The van der Waals surface area contributed by atoms with Crippen LogP contribution < -0.4 is 0 Å². The second-order valence-electron chi connectivity index (χ2n) is 18.1. The minimum Gasteiger partial charge on any atom is -0.462 e. The van der Waals surface area contributed by atoms with Crippen molar-refractivity contribution < 1.29 is 28.6 Å². The van der Waals surface area contributed by atoms with Gasteiger partial charge in [-0.25, -0.2) is 0 Å². The van der Waals surface area contributed by atoms with Crippen LogP contribution in [0.2, 0.25) is 0 Å². The standard InChI is InChI=1S/C50H96O6/c1-6-7-8-9-10-11-17-21-24-30-35-40-48(51)54-43-47(44-55-49(52)41-36-31-27-26-29-34-39-46(4)5)56-50(53)42-37-32-25-22-19-16-14-12-13-15-18-20-23-28-33-38-45(2)3/h45-47H,6-44H2,1-5H3/t47-/m1/s1. The molecule has 0 aromatic rings. The first kappa shape index (κ1) is 54.4. The fourth-order valence-electron chi connectivity index (χ4n) is 7.46. The Morgan fingerprint density at radius 1 is 0.339 bits per heavy atom. The van der Waals surface area contributed by atoms with Gasteiger partial charge >= 0.3 is 17.9 Å². The lowest BCUT2D eigenvalue weighted by Crippen LogP contribution is -2.30. The van der Waals surface area contributed by atoms with Crippen molar-refractivity contribution in [3.63, 3.8) is 0 Å². The molecule has 0 saturated carbocycles. The van der Waals surface area contributed by atoms with Gasteiger partial charge in [0, 0.05) is 19.3 Å². The fraction of sp³-hybridized carbons (Fsp3) is 0.940. The van der Waals surface area contributed by atoms with E-state index in [1.807, 2.05) is 0 Å². The highest BCUT2D eigenvalue weighted by Gasteiger charge is 2.19. The molecule has 56 heavy (non-hydrogen) atoms. The molecule has 0 rings (SSSR count). The largest absolute Gasteiger partial charge is 0.462 e. The van der Waals surface area contributed by atoms with E-state index < -0.39 is 6.10 Å². The number of hydrogen-bond acceptors (Lipinski definition) is 6. The highest BCUT2D eigenvalue weighted by atomic mass is 16.6. The van der Waals surface area contributed by atoms with Gasteiger partial charge in [0.2, 0.25) is 0 Å². The van der Waals surface area contributed by atoms with Crippen LogP contribution in [0.3, 0.4) is 0 Å². The molecule has 0 bridgehead atoms. The highest BCUT2D eigenvalue weighted by molar-refractivity contribution is 5.71. The summed E-state index contributed by atoms with van der Waals surface area (Å²) in [6, 6.07) is 0. The van der Waals surface area contributed by atoms with E-state index in [9.17, 15) is 14.4 Å². The molecule has 6 heteroatoms. The molecule has 0 aliphatic rings. The van der Waals surface area contributed by atoms with E-state index in [-0.39, 0.29) is 31.1 Å². The molecule has 332 valence electrons. The summed E-state index contributed by atoms with van der Waals surface area (Å²) in [6.07, 6.45) is 42.4. The van der Waals surface area contributed by atoms with Gasteiger partial charge in [0.05, 0.1) is 0 Å². The molecule has 0 aliphatic heterocycles. The molecule has 0 amide bonds. The maximum absolute atomic E-state index is 12.8. The van der Waals surface area contributed by atoms with Gasteiger partial charge in [-0.3, -0.25) is 14.4 Å². The monoisotopic (exact) mass is 793 g/mol. The van der Waals surface area contributed by atoms with Gasteiger partial charge in [-0.1, -0.05) is 234 Å². The Labute approximate surface area is 348 Å². The first-order valence-corrected chi connectivity index (χ1v) is 24.7. The summed E-state index contributed by atoms with van der Waals surface area (Å²) in [5.74, 6) is 0.755. The average Bonchev–Trinajstić information content (AvgIpc) is 3.16. The second-order valence-corrected chi connectivity index (χ2v) is 18.1. The van der Waals surface area contributed by atoms with E-state index in [0.29, 0.717) is 19.3 Å². The van der Waals surface area contributed by atoms with Crippen LogP contribution in [0.4, 0.5) is 0 Å². The number of unbranched alkanes of at least 4 members (excludes halogenated alkanes) is 29. The van der Waals surface area contributed by atoms with Crippen molar-refractivity contribution in [1.29, 1.82) is 0 Å². The lowest BCUT2D eigenvalue weighted by Gasteiger charge is -2.18. The maximum Gasteiger partial charge on any atom is 0.306 e. The van der Waals surface area contributed by atoms with Gasteiger partial charge in [0.1, 0.15) is 13.2 Å². The summed E-state index contributed by atoms with van der Waals surface area (Å²) >= 11 is 0. The third-order valence-electron chi connectivity index (χ3n) is 11.2. The van der Waals surface area contributed by atoms with Crippen LogP contribution >= 0.6 is 0 Å². The molecule has 0 heterocycles. The van der Waals surface area contributed by atoms with Gasteiger partial charge in [-0.2, -0.15) is 0 Å². The molecule has 0 N–H and O–H groups in total. The predicted octanol–water partition coefficient (Wildman–Crippen LogP) is 15.8. The van der Waals surface area contributed by atoms with Crippen molar-refractivity contribution in [3.8, 4) is 0 Å². The number of rotatable bonds is 44. The molecule has 6 nitrogen and oxygen atoms in total. The Bertz CT molecular complexity index is 854. The molecule has 1 atom stereocenters. The Morgan fingerprint density at radius 2 is 0.589 bits per heavy atom. The van der Waals surface area contributed by atoms with Crippen molar-refractivity contribution >= 4 is 17.9 Å². The minimum atomic E-state index is -0.761. The molecular formula is C50H96O6. The van der Waals surface area contributed by atoms with Crippen LogP contribution in [0, 0.1) is 11.8 Å². The molecule has 0 aromatic heterocycles. The fourth-order valence-corrected chi connectivity index (χ4v) is 7.46. The van der Waals surface area contributed by atoms with Gasteiger partial charge < -0.3 is 14.2 Å². The van der Waals surface area contributed by atoms with E-state index in [4.69, 9.17) is 14.2 Å². The van der Waals surface area contributed by atoms with Crippen LogP contribution in [0.1, 0.15) is 272 Å². The van der Waals surface area contributed by atoms with Crippen molar-refractivity contribution in [2.75, 3.05) is 13.2 Å². The van der Waals surface area contributed by atoms with Crippen LogP contribution in [-0.4, -0.2) is 37.2 Å². The Morgan fingerprint density at radius 3 is 0.875 bits per heavy atom. The zero-order valence-electron chi connectivity index (χ0n) is 38.3. The van der Waals surface area contributed by atoms with E-state index in [1.54, 1.807) is 0 Å². The number of hydrogen-bond donors (Lipinski definition) is 0. The topological polar surface area (TPSA) is 78.9 Å². The molecule has 0 spiro atoms. The zero-order valence-corrected chi connectivity index (χ0v) is 38.3. The lowest BCUT2D eigenvalue weighted by molar-refractivity contribution is -0.167. The summed E-state index contributed by atoms with van der Waals surface area (Å²) in [5.41, 5.74) is 0. The Hall–Kier alpha value is -1.59. The number of esters is 3. The van der Waals surface area contributed by atoms with Crippen molar-refractivity contribution in [2.45, 2.75) is 278 Å². The van der Waals surface area contributed by atoms with E-state index >= 15 is 0 Å². The summed E-state index contributed by atoms with van der Waals surface area (Å²) in [7, 11) is 0. The molecule has 0 aromatic carbocycles. The molecule has 0 unspecified atom stereocenters. The van der Waals surface area contributed by atoms with Gasteiger partial charge in [-0.15, -0.1) is 0 Å². The van der Waals surface area contributed by atoms with Crippen molar-refractivity contribution in [3.05, 3.63) is 0 Å². The maximum atomic E-state index is 12.8. The number of ether oxygens (including phenoxy) is 3. The first-order chi connectivity index (χ1) is 27.2. The SMILES string of the molecule is CCCCCCCCCCCCCC(=O)OC[C@H](COC(=O)CCCCCCCCC(C)C)OC(=O)CCCCCCCCCCCCCCCCCC(C)C. The molecule has 0 aliphatic carbocycles. The van der Waals surface area contributed by atoms with E-state index in [0.717, 1.165) is 69.6 Å². The molecular weight excluding hydrogens is 697 g/mol. The molecule has 0 fully saturated rings. The quantitative estimate of drug-likeness (QED) is 0.0347. The Balaban J connectivity index is 4.25. The van der Waals surface area contributed by atoms with Gasteiger partial charge in [0.15, 0.2) is 6.10 Å². The predicted molar refractivity (Wildman–Crippen MR) is 238 cm³/mol. The number of carbonyl (C=O) groups excluding carboxylic acids is 3. The van der Waals surface area contributed by atoms with Crippen LogP contribution in [0.15, 0.2) is 0 Å². The summed E-state index contributed by atoms with van der Waals surface area (Å²) in [5, 5.41) is 0. The van der Waals surface area contributed by atoms with Crippen molar-refractivity contribution in [2.24, 2.45) is 11.8 Å². The minimum absolute atomic E-state index is 0.0648. The molecule has 0 radical (unpaired) electrons. The van der Waals surface area contributed by atoms with Crippen molar-refractivity contribution in [1.82, 2.24) is 0 Å². The Kier molecular flexibility index (Phi) is 41.8. The smallest absolute Gasteiger partial charge is 0.306 e. The van der Waals surface area contributed by atoms with Crippen LogP contribution in [0.5, 0.6) is 0 Å². The van der Waals surface area contributed by atoms with Crippen LogP contribution in [-0.2, 0) is 28.6 Å². The number of carbonyl (C=O) groups is 3. The third kappa shape index (κ3) is 43.5. The first-order valence-electron chi connectivity index (χ1n) is 24.7. The second kappa shape index (κ2) is 43.0.